The quantitative estimate of drug-likeness (QED) is 0.473. The second kappa shape index (κ2) is 5.01. The van der Waals surface area contributed by atoms with Crippen molar-refractivity contribution >= 4 is 11.9 Å². The zero-order valence-corrected chi connectivity index (χ0v) is 16.2. The van der Waals surface area contributed by atoms with Gasteiger partial charge in [0.1, 0.15) is 5.60 Å². The Morgan fingerprint density at radius 1 is 0.960 bits per heavy atom. The van der Waals surface area contributed by atoms with Gasteiger partial charge in [-0.25, -0.2) is 0 Å². The number of fused-ring (bicyclic) bond motifs is 9. The van der Waals surface area contributed by atoms with E-state index < -0.39 is 23.0 Å². The van der Waals surface area contributed by atoms with Gasteiger partial charge in [0.05, 0.1) is 0 Å². The molecule has 0 heterocycles. The maximum absolute atomic E-state index is 12.8. The van der Waals surface area contributed by atoms with E-state index in [0.717, 1.165) is 24.2 Å². The minimum atomic E-state index is -1.49. The maximum Gasteiger partial charge on any atom is 0.323 e. The van der Waals surface area contributed by atoms with Gasteiger partial charge < -0.3 is 9.84 Å². The molecule has 1 N–H and O–H groups in total. The lowest BCUT2D eigenvalue weighted by atomic mass is 9.58. The monoisotopic (exact) mass is 348 g/mol. The van der Waals surface area contributed by atoms with Gasteiger partial charge in [0.15, 0.2) is 5.41 Å². The number of hydrogen-bond acceptors (Lipinski definition) is 3. The molecule has 25 heavy (non-hydrogen) atoms. The van der Waals surface area contributed by atoms with Gasteiger partial charge in [-0.1, -0.05) is 20.8 Å². The van der Waals surface area contributed by atoms with Crippen molar-refractivity contribution < 1.29 is 19.4 Å². The van der Waals surface area contributed by atoms with Gasteiger partial charge in [0.2, 0.25) is 0 Å². The van der Waals surface area contributed by atoms with Crippen molar-refractivity contribution in [1.82, 2.24) is 0 Å². The highest BCUT2D eigenvalue weighted by molar-refractivity contribution is 5.98. The summed E-state index contributed by atoms with van der Waals surface area (Å²) in [6, 6.07) is 0. The molecule has 4 bridgehead atoms. The fraction of sp³-hybridized carbons (Fsp3) is 0.905. The summed E-state index contributed by atoms with van der Waals surface area (Å²) in [7, 11) is 0. The van der Waals surface area contributed by atoms with E-state index in [-0.39, 0.29) is 5.41 Å². The van der Waals surface area contributed by atoms with Gasteiger partial charge in [0, 0.05) is 11.3 Å². The van der Waals surface area contributed by atoms with Crippen LogP contribution >= 0.6 is 0 Å². The van der Waals surface area contributed by atoms with Crippen molar-refractivity contribution in [1.29, 1.82) is 0 Å². The van der Waals surface area contributed by atoms with Crippen LogP contribution in [0, 0.1) is 46.3 Å². The molecule has 0 spiro atoms. The zero-order chi connectivity index (χ0) is 18.4. The Morgan fingerprint density at radius 3 is 2.12 bits per heavy atom. The summed E-state index contributed by atoms with van der Waals surface area (Å²) in [5.74, 6) is 2.62. The molecule has 0 aliphatic heterocycles. The second-order valence-corrected chi connectivity index (χ2v) is 10.8. The number of hydrogen-bond donors (Lipinski definition) is 1. The minimum Gasteiger partial charge on any atom is -0.480 e. The fourth-order valence-electron chi connectivity index (χ4n) is 7.09. The average molecular weight is 348 g/mol. The van der Waals surface area contributed by atoms with Crippen LogP contribution in [0.15, 0.2) is 0 Å². The molecule has 0 aromatic carbocycles. The molecule has 0 saturated heterocycles. The van der Waals surface area contributed by atoms with Gasteiger partial charge in [-0.2, -0.15) is 0 Å². The van der Waals surface area contributed by atoms with Crippen LogP contribution in [-0.2, 0) is 14.3 Å². The molecule has 4 fully saturated rings. The third kappa shape index (κ3) is 2.12. The molecule has 4 aliphatic rings. The predicted molar refractivity (Wildman–Crippen MR) is 93.7 cm³/mol. The molecule has 4 nitrogen and oxygen atoms in total. The Labute approximate surface area is 150 Å². The molecular weight excluding hydrogens is 316 g/mol. The molecule has 0 amide bonds. The summed E-state index contributed by atoms with van der Waals surface area (Å²) < 4.78 is 6.22. The van der Waals surface area contributed by atoms with Crippen LogP contribution in [0.25, 0.3) is 0 Å². The Morgan fingerprint density at radius 2 is 1.56 bits per heavy atom. The smallest absolute Gasteiger partial charge is 0.323 e. The molecule has 4 heteroatoms. The molecule has 7 atom stereocenters. The Hall–Kier alpha value is -1.06. The van der Waals surface area contributed by atoms with Crippen molar-refractivity contribution in [3.63, 3.8) is 0 Å². The van der Waals surface area contributed by atoms with E-state index in [4.69, 9.17) is 4.74 Å². The van der Waals surface area contributed by atoms with E-state index in [0.29, 0.717) is 17.8 Å². The van der Waals surface area contributed by atoms with Crippen LogP contribution < -0.4 is 0 Å². The van der Waals surface area contributed by atoms with Crippen LogP contribution in [0.5, 0.6) is 0 Å². The predicted octanol–water partition coefficient (Wildman–Crippen LogP) is 4.13. The number of carboxylic acid groups (broad SMARTS) is 1. The number of ether oxygens (including phenoxy) is 1. The van der Waals surface area contributed by atoms with Crippen LogP contribution in [0.2, 0.25) is 0 Å². The highest BCUT2D eigenvalue weighted by atomic mass is 16.6. The molecule has 4 rings (SSSR count). The number of rotatable bonds is 3. The molecule has 0 radical (unpaired) electrons. The number of esters is 1. The van der Waals surface area contributed by atoms with E-state index in [1.165, 1.54) is 39.5 Å². The van der Waals surface area contributed by atoms with Gasteiger partial charge in [0.25, 0.3) is 0 Å². The highest BCUT2D eigenvalue weighted by Crippen LogP contribution is 2.72. The first-order valence-electron chi connectivity index (χ1n) is 9.96. The fourth-order valence-corrected chi connectivity index (χ4v) is 7.09. The van der Waals surface area contributed by atoms with Crippen LogP contribution in [0.1, 0.15) is 66.7 Å². The third-order valence-electron chi connectivity index (χ3n) is 8.37. The minimum absolute atomic E-state index is 0.177. The summed E-state index contributed by atoms with van der Waals surface area (Å²) in [6.07, 6.45) is 6.19. The summed E-state index contributed by atoms with van der Waals surface area (Å²) >= 11 is 0. The van der Waals surface area contributed by atoms with Crippen LogP contribution in [0.3, 0.4) is 0 Å². The first-order valence-corrected chi connectivity index (χ1v) is 9.96. The Balaban J connectivity index is 1.67. The van der Waals surface area contributed by atoms with Crippen molar-refractivity contribution in [2.45, 2.75) is 72.3 Å². The van der Waals surface area contributed by atoms with Crippen LogP contribution in [-0.4, -0.2) is 22.6 Å². The average Bonchev–Trinajstić information content (AvgIpc) is 3.23. The van der Waals surface area contributed by atoms with Gasteiger partial charge in [-0.15, -0.1) is 0 Å². The van der Waals surface area contributed by atoms with E-state index in [2.05, 4.69) is 20.8 Å². The summed E-state index contributed by atoms with van der Waals surface area (Å²) in [6.45, 7) is 9.41. The number of carbonyl (C=O) groups excluding carboxylic acids is 1. The molecular formula is C21H32O4. The number of carboxylic acids is 1. The lowest BCUT2D eigenvalue weighted by Gasteiger charge is -2.52. The van der Waals surface area contributed by atoms with Crippen molar-refractivity contribution in [2.75, 3.05) is 0 Å². The topological polar surface area (TPSA) is 63.6 Å². The normalized spacial score (nSPS) is 44.8. The first-order chi connectivity index (χ1) is 11.5. The van der Waals surface area contributed by atoms with Crippen molar-refractivity contribution in [3.8, 4) is 0 Å². The summed E-state index contributed by atoms with van der Waals surface area (Å²) in [5.41, 5.74) is -2.18. The molecule has 0 aromatic rings. The Bertz CT molecular complexity index is 616. The summed E-state index contributed by atoms with van der Waals surface area (Å²) in [4.78, 5) is 24.4. The lowest BCUT2D eigenvalue weighted by molar-refractivity contribution is -0.205. The van der Waals surface area contributed by atoms with Crippen molar-refractivity contribution in [2.24, 2.45) is 46.3 Å². The van der Waals surface area contributed by atoms with Gasteiger partial charge in [-0.05, 0) is 75.5 Å². The standard InChI is InChI=1S/C21H32O4/c1-19(2,3)21(25-18(24)20(4,5)17(22)23)10-13-9-14(21)16-12-7-6-11(8-12)15(13)16/h11-16H,6-10H2,1-5H3,(H,22,23). The Kier molecular flexibility index (Phi) is 3.48. The lowest BCUT2D eigenvalue weighted by Crippen LogP contribution is -2.57. The van der Waals surface area contributed by atoms with Gasteiger partial charge in [-0.3, -0.25) is 9.59 Å². The van der Waals surface area contributed by atoms with Crippen LogP contribution in [0.4, 0.5) is 0 Å². The summed E-state index contributed by atoms with van der Waals surface area (Å²) in [5, 5.41) is 9.44. The van der Waals surface area contributed by atoms with E-state index in [9.17, 15) is 14.7 Å². The molecule has 140 valence electrons. The molecule has 7 unspecified atom stereocenters. The van der Waals surface area contributed by atoms with E-state index >= 15 is 0 Å². The molecule has 4 aliphatic carbocycles. The highest BCUT2D eigenvalue weighted by Gasteiger charge is 2.71. The number of carbonyl (C=O) groups is 2. The maximum atomic E-state index is 12.8. The SMILES string of the molecule is CC(C)(C(=O)O)C(=O)OC1(C(C)(C)C)CC2CC1C1C3CCC(C3)C21. The molecule has 4 saturated carbocycles. The largest absolute Gasteiger partial charge is 0.480 e. The van der Waals surface area contributed by atoms with E-state index in [1.807, 2.05) is 0 Å². The second-order valence-electron chi connectivity index (χ2n) is 10.8. The van der Waals surface area contributed by atoms with Crippen molar-refractivity contribution in [3.05, 3.63) is 0 Å². The van der Waals surface area contributed by atoms with Gasteiger partial charge >= 0.3 is 11.9 Å². The van der Waals surface area contributed by atoms with E-state index in [1.54, 1.807) is 0 Å². The zero-order valence-electron chi connectivity index (χ0n) is 16.2. The third-order valence-corrected chi connectivity index (χ3v) is 8.37. The number of aliphatic carboxylic acids is 1. The molecule has 0 aromatic heterocycles. The first kappa shape index (κ1) is 17.4.